The van der Waals surface area contributed by atoms with Crippen molar-refractivity contribution in [1.82, 2.24) is 15.1 Å². The number of urea groups is 1. The molecule has 1 N–H and O–H groups in total. The molecule has 1 heterocycles. The summed E-state index contributed by atoms with van der Waals surface area (Å²) in [6.07, 6.45) is 1.23. The van der Waals surface area contributed by atoms with Gasteiger partial charge in [0, 0.05) is 13.1 Å². The molecule has 36 heavy (non-hydrogen) atoms. The van der Waals surface area contributed by atoms with Crippen molar-refractivity contribution in [3.8, 4) is 5.75 Å². The first-order valence-corrected chi connectivity index (χ1v) is 12.3. The van der Waals surface area contributed by atoms with E-state index in [9.17, 15) is 14.4 Å². The Morgan fingerprint density at radius 2 is 1.69 bits per heavy atom. The SMILES string of the molecule is CCN(Cc1ccc(OCc2ccccc2)cc1)C(=O)CN1C(=O)N[C@]2(CCc3ccccc32)C1=O. The highest BCUT2D eigenvalue weighted by atomic mass is 16.5. The molecule has 1 aliphatic carbocycles. The molecule has 5 rings (SSSR count). The van der Waals surface area contributed by atoms with Crippen LogP contribution in [0.4, 0.5) is 4.79 Å². The van der Waals surface area contributed by atoms with Crippen molar-refractivity contribution < 1.29 is 19.1 Å². The van der Waals surface area contributed by atoms with Gasteiger partial charge in [0.15, 0.2) is 0 Å². The summed E-state index contributed by atoms with van der Waals surface area (Å²) in [5.74, 6) is 0.133. The van der Waals surface area contributed by atoms with E-state index in [4.69, 9.17) is 4.74 Å². The van der Waals surface area contributed by atoms with Crippen LogP contribution in [0.2, 0.25) is 0 Å². The Balaban J connectivity index is 1.21. The molecule has 4 amide bonds. The van der Waals surface area contributed by atoms with Gasteiger partial charge in [-0.25, -0.2) is 4.79 Å². The van der Waals surface area contributed by atoms with Crippen LogP contribution < -0.4 is 10.1 Å². The molecule has 3 aromatic rings. The van der Waals surface area contributed by atoms with Crippen LogP contribution >= 0.6 is 0 Å². The Kier molecular flexibility index (Phi) is 6.46. The van der Waals surface area contributed by atoms with E-state index >= 15 is 0 Å². The molecule has 3 aromatic carbocycles. The van der Waals surface area contributed by atoms with Gasteiger partial charge in [-0.3, -0.25) is 14.5 Å². The predicted octanol–water partition coefficient (Wildman–Crippen LogP) is 4.01. The van der Waals surface area contributed by atoms with E-state index in [0.717, 1.165) is 39.3 Å². The van der Waals surface area contributed by atoms with Crippen LogP contribution in [0.1, 0.15) is 35.6 Å². The minimum Gasteiger partial charge on any atom is -0.489 e. The maximum atomic E-state index is 13.4. The number of nitrogens with one attached hydrogen (secondary N) is 1. The molecule has 7 nitrogen and oxygen atoms in total. The molecule has 0 bridgehead atoms. The second-order valence-corrected chi connectivity index (χ2v) is 9.21. The highest BCUT2D eigenvalue weighted by molar-refractivity contribution is 6.09. The summed E-state index contributed by atoms with van der Waals surface area (Å²) < 4.78 is 5.84. The van der Waals surface area contributed by atoms with Gasteiger partial charge in [-0.1, -0.05) is 66.7 Å². The van der Waals surface area contributed by atoms with E-state index in [0.29, 0.717) is 26.1 Å². The van der Waals surface area contributed by atoms with E-state index in [1.807, 2.05) is 85.8 Å². The van der Waals surface area contributed by atoms with Crippen molar-refractivity contribution in [1.29, 1.82) is 0 Å². The maximum absolute atomic E-state index is 13.4. The first-order valence-electron chi connectivity index (χ1n) is 12.3. The lowest BCUT2D eigenvalue weighted by Gasteiger charge is -2.25. The van der Waals surface area contributed by atoms with E-state index in [1.54, 1.807) is 4.90 Å². The molecule has 1 aliphatic heterocycles. The molecule has 184 valence electrons. The lowest BCUT2D eigenvalue weighted by Crippen LogP contribution is -2.44. The van der Waals surface area contributed by atoms with E-state index in [-0.39, 0.29) is 18.4 Å². The van der Waals surface area contributed by atoms with E-state index < -0.39 is 11.6 Å². The van der Waals surface area contributed by atoms with Gasteiger partial charge in [-0.15, -0.1) is 0 Å². The fourth-order valence-electron chi connectivity index (χ4n) is 5.00. The Hall–Kier alpha value is -4.13. The van der Waals surface area contributed by atoms with Gasteiger partial charge in [0.05, 0.1) is 0 Å². The highest BCUT2D eigenvalue weighted by Gasteiger charge is 2.55. The third-order valence-electron chi connectivity index (χ3n) is 7.00. The highest BCUT2D eigenvalue weighted by Crippen LogP contribution is 2.41. The molecular weight excluding hydrogens is 454 g/mol. The number of amides is 4. The van der Waals surface area contributed by atoms with Crippen LogP contribution in [0.3, 0.4) is 0 Å². The third-order valence-corrected chi connectivity index (χ3v) is 7.00. The molecule has 1 fully saturated rings. The zero-order valence-corrected chi connectivity index (χ0v) is 20.3. The van der Waals surface area contributed by atoms with Gasteiger partial charge in [0.1, 0.15) is 24.4 Å². The molecule has 2 aliphatic rings. The number of hydrogen-bond acceptors (Lipinski definition) is 4. The van der Waals surface area contributed by atoms with Crippen molar-refractivity contribution in [3.05, 3.63) is 101 Å². The van der Waals surface area contributed by atoms with Crippen molar-refractivity contribution in [2.24, 2.45) is 0 Å². The summed E-state index contributed by atoms with van der Waals surface area (Å²) in [4.78, 5) is 42.0. The number of ether oxygens (including phenoxy) is 1. The number of fused-ring (bicyclic) bond motifs is 2. The van der Waals surface area contributed by atoms with Gasteiger partial charge in [0.25, 0.3) is 5.91 Å². The fraction of sp³-hybridized carbons (Fsp3) is 0.276. The number of likely N-dealkylation sites (N-methyl/N-ethyl adjacent to an activating group) is 1. The van der Waals surface area contributed by atoms with Crippen LogP contribution in [0.25, 0.3) is 0 Å². The number of carbonyl (C=O) groups is 3. The molecule has 0 unspecified atom stereocenters. The smallest absolute Gasteiger partial charge is 0.325 e. The molecule has 0 saturated carbocycles. The standard InChI is InChI=1S/C29H29N3O4/c1-2-31(18-21-12-14-24(15-13-21)36-20-22-8-4-3-5-9-22)26(33)19-32-27(34)29(30-28(32)35)17-16-23-10-6-7-11-25(23)29/h3-15H,2,16-20H2,1H3,(H,30,35)/t29-/m0/s1. The Morgan fingerprint density at radius 1 is 0.972 bits per heavy atom. The van der Waals surface area contributed by atoms with Crippen LogP contribution in [0.15, 0.2) is 78.9 Å². The summed E-state index contributed by atoms with van der Waals surface area (Å²) >= 11 is 0. The number of benzene rings is 3. The first kappa shape index (κ1) is 23.6. The van der Waals surface area contributed by atoms with Crippen molar-refractivity contribution in [2.75, 3.05) is 13.1 Å². The lowest BCUT2D eigenvalue weighted by atomic mass is 9.92. The number of carbonyl (C=O) groups excluding carboxylic acids is 3. The van der Waals surface area contributed by atoms with Crippen LogP contribution in [-0.2, 0) is 34.7 Å². The summed E-state index contributed by atoms with van der Waals surface area (Å²) in [6, 6.07) is 24.7. The lowest BCUT2D eigenvalue weighted by molar-refractivity contribution is -0.139. The summed E-state index contributed by atoms with van der Waals surface area (Å²) in [6.45, 7) is 2.93. The Morgan fingerprint density at radius 3 is 2.44 bits per heavy atom. The number of nitrogens with zero attached hydrogens (tertiary/aromatic N) is 2. The summed E-state index contributed by atoms with van der Waals surface area (Å²) in [5.41, 5.74) is 2.87. The summed E-state index contributed by atoms with van der Waals surface area (Å²) in [7, 11) is 0. The maximum Gasteiger partial charge on any atom is 0.325 e. The minimum absolute atomic E-state index is 0.270. The second kappa shape index (κ2) is 9.85. The van der Waals surface area contributed by atoms with Crippen LogP contribution in [0.5, 0.6) is 5.75 Å². The molecule has 0 aromatic heterocycles. The van der Waals surface area contributed by atoms with Gasteiger partial charge >= 0.3 is 6.03 Å². The number of rotatable bonds is 8. The Bertz CT molecular complexity index is 1280. The monoisotopic (exact) mass is 483 g/mol. The van der Waals surface area contributed by atoms with Crippen molar-refractivity contribution in [2.45, 2.75) is 38.5 Å². The minimum atomic E-state index is -1.05. The van der Waals surface area contributed by atoms with E-state index in [2.05, 4.69) is 5.32 Å². The number of hydrogen-bond donors (Lipinski definition) is 1. The molecule has 1 saturated heterocycles. The van der Waals surface area contributed by atoms with Crippen LogP contribution in [-0.4, -0.2) is 40.7 Å². The molecule has 7 heteroatoms. The first-order chi connectivity index (χ1) is 17.5. The van der Waals surface area contributed by atoms with E-state index in [1.165, 1.54) is 0 Å². The molecule has 1 spiro atoms. The van der Waals surface area contributed by atoms with Crippen molar-refractivity contribution in [3.63, 3.8) is 0 Å². The molecule has 0 radical (unpaired) electrons. The molecule has 1 atom stereocenters. The second-order valence-electron chi connectivity index (χ2n) is 9.21. The zero-order chi connectivity index (χ0) is 25.1. The van der Waals surface area contributed by atoms with Gasteiger partial charge < -0.3 is 15.0 Å². The topological polar surface area (TPSA) is 79.0 Å². The molecular formula is C29H29N3O4. The van der Waals surface area contributed by atoms with Crippen molar-refractivity contribution >= 4 is 17.8 Å². The average Bonchev–Trinajstić information content (AvgIpc) is 3.40. The normalized spacial score (nSPS) is 18.3. The zero-order valence-electron chi connectivity index (χ0n) is 20.3. The largest absolute Gasteiger partial charge is 0.489 e. The average molecular weight is 484 g/mol. The van der Waals surface area contributed by atoms with Crippen LogP contribution in [0, 0.1) is 0 Å². The third kappa shape index (κ3) is 4.44. The Labute approximate surface area is 210 Å². The number of imide groups is 1. The summed E-state index contributed by atoms with van der Waals surface area (Å²) in [5, 5.41) is 2.88. The van der Waals surface area contributed by atoms with Gasteiger partial charge in [-0.2, -0.15) is 0 Å². The quantitative estimate of drug-likeness (QED) is 0.491. The predicted molar refractivity (Wildman–Crippen MR) is 135 cm³/mol. The number of aryl methyl sites for hydroxylation is 1. The fourth-order valence-corrected chi connectivity index (χ4v) is 5.00. The van der Waals surface area contributed by atoms with Gasteiger partial charge in [-0.05, 0) is 54.2 Å². The van der Waals surface area contributed by atoms with Gasteiger partial charge in [0.2, 0.25) is 5.91 Å².